The molecule has 2 rings (SSSR count). The highest BCUT2D eigenvalue weighted by Gasteiger charge is 2.18. The Morgan fingerprint density at radius 3 is 2.59 bits per heavy atom. The summed E-state index contributed by atoms with van der Waals surface area (Å²) in [5.74, 6) is 0.225. The van der Waals surface area contributed by atoms with Crippen LogP contribution in [0.1, 0.15) is 18.4 Å². The number of sulfone groups is 1. The zero-order chi connectivity index (χ0) is 19.7. The average molecular weight is 392 g/mol. The second-order valence-corrected chi connectivity index (χ2v) is 8.01. The molecule has 0 spiro atoms. The van der Waals surface area contributed by atoms with Crippen LogP contribution in [-0.2, 0) is 21.1 Å². The minimum absolute atomic E-state index is 0.0937. The maximum absolute atomic E-state index is 12.4. The molecule has 1 aromatic carbocycles. The molecule has 8 heteroatoms. The van der Waals surface area contributed by atoms with Crippen LogP contribution >= 0.6 is 0 Å². The number of nitrogens with zero attached hydrogens (tertiary/aromatic N) is 1. The third-order valence-electron chi connectivity index (χ3n) is 4.00. The van der Waals surface area contributed by atoms with E-state index in [1.807, 2.05) is 12.1 Å². The highest BCUT2D eigenvalue weighted by atomic mass is 32.2. The fourth-order valence-electron chi connectivity index (χ4n) is 2.51. The van der Waals surface area contributed by atoms with Crippen LogP contribution in [0.25, 0.3) is 0 Å². The molecule has 0 aliphatic carbocycles. The van der Waals surface area contributed by atoms with Crippen molar-refractivity contribution in [1.82, 2.24) is 10.3 Å². The first-order chi connectivity index (χ1) is 13.0. The Kier molecular flexibility index (Phi) is 7.60. The van der Waals surface area contributed by atoms with Gasteiger partial charge in [-0.05, 0) is 36.6 Å². The Labute approximate surface area is 159 Å². The van der Waals surface area contributed by atoms with Gasteiger partial charge >= 0.3 is 0 Å². The summed E-state index contributed by atoms with van der Waals surface area (Å²) in [6, 6.07) is 8.23. The molecule has 27 heavy (non-hydrogen) atoms. The van der Waals surface area contributed by atoms with Gasteiger partial charge in [0.25, 0.3) is 0 Å². The largest absolute Gasteiger partial charge is 0.493 e. The molecule has 0 fully saturated rings. The van der Waals surface area contributed by atoms with E-state index >= 15 is 0 Å². The number of benzene rings is 1. The third kappa shape index (κ3) is 6.25. The number of carbonyl (C=O) groups is 1. The molecule has 0 radical (unpaired) electrons. The maximum Gasteiger partial charge on any atom is 0.221 e. The molecule has 0 aliphatic heterocycles. The topological polar surface area (TPSA) is 94.6 Å². The number of ether oxygens (including phenoxy) is 2. The summed E-state index contributed by atoms with van der Waals surface area (Å²) in [7, 11) is -0.677. The van der Waals surface area contributed by atoms with Gasteiger partial charge in [-0.1, -0.05) is 6.07 Å². The second kappa shape index (κ2) is 9.91. The zero-order valence-corrected chi connectivity index (χ0v) is 16.3. The number of pyridine rings is 1. The maximum atomic E-state index is 12.4. The number of hydrogen-bond donors (Lipinski definition) is 1. The highest BCUT2D eigenvalue weighted by molar-refractivity contribution is 7.91. The molecule has 1 heterocycles. The van der Waals surface area contributed by atoms with Crippen molar-refractivity contribution in [3.63, 3.8) is 0 Å². The van der Waals surface area contributed by atoms with Gasteiger partial charge in [0.2, 0.25) is 5.91 Å². The normalized spacial score (nSPS) is 11.0. The first-order valence-electron chi connectivity index (χ1n) is 8.56. The molecule has 0 atom stereocenters. The second-order valence-electron chi connectivity index (χ2n) is 5.90. The van der Waals surface area contributed by atoms with Gasteiger partial charge in [0, 0.05) is 31.4 Å². The molecule has 0 aliphatic rings. The van der Waals surface area contributed by atoms with Crippen molar-refractivity contribution in [3.8, 4) is 11.5 Å². The summed E-state index contributed by atoms with van der Waals surface area (Å²) in [5.41, 5.74) is 1.10. The lowest BCUT2D eigenvalue weighted by atomic mass is 10.1. The highest BCUT2D eigenvalue weighted by Crippen LogP contribution is 2.29. The molecule has 0 saturated carbocycles. The first-order valence-corrected chi connectivity index (χ1v) is 10.2. The van der Waals surface area contributed by atoms with Crippen LogP contribution in [0.2, 0.25) is 0 Å². The summed E-state index contributed by atoms with van der Waals surface area (Å²) < 4.78 is 35.1. The summed E-state index contributed by atoms with van der Waals surface area (Å²) in [5, 5.41) is 2.75. The minimum atomic E-state index is -3.59. The Morgan fingerprint density at radius 1 is 1.15 bits per heavy atom. The SMILES string of the molecule is COc1ccc(S(=O)(=O)CCC(=O)NCCCc2cccnc2)cc1OC. The van der Waals surface area contributed by atoms with E-state index in [9.17, 15) is 13.2 Å². The van der Waals surface area contributed by atoms with Gasteiger partial charge in [0.05, 0.1) is 24.9 Å². The molecule has 0 saturated heterocycles. The summed E-state index contributed by atoms with van der Waals surface area (Å²) in [6.07, 6.45) is 4.98. The smallest absolute Gasteiger partial charge is 0.221 e. The predicted molar refractivity (Wildman–Crippen MR) is 102 cm³/mol. The first kappa shape index (κ1) is 20.7. The van der Waals surface area contributed by atoms with Crippen LogP contribution in [-0.4, -0.2) is 45.8 Å². The number of hydrogen-bond acceptors (Lipinski definition) is 6. The minimum Gasteiger partial charge on any atom is -0.493 e. The Morgan fingerprint density at radius 2 is 1.93 bits per heavy atom. The van der Waals surface area contributed by atoms with E-state index in [1.165, 1.54) is 32.4 Å². The molecule has 7 nitrogen and oxygen atoms in total. The molecule has 1 aromatic heterocycles. The van der Waals surface area contributed by atoms with Crippen LogP contribution in [0.15, 0.2) is 47.6 Å². The quantitative estimate of drug-likeness (QED) is 0.622. The monoisotopic (exact) mass is 392 g/mol. The molecular weight excluding hydrogens is 368 g/mol. The Balaban J connectivity index is 1.81. The van der Waals surface area contributed by atoms with E-state index < -0.39 is 9.84 Å². The number of rotatable bonds is 10. The molecule has 0 unspecified atom stereocenters. The van der Waals surface area contributed by atoms with Crippen molar-refractivity contribution >= 4 is 15.7 Å². The fourth-order valence-corrected chi connectivity index (χ4v) is 3.76. The molecule has 1 amide bonds. The van der Waals surface area contributed by atoms with Gasteiger partial charge in [-0.2, -0.15) is 0 Å². The number of methoxy groups -OCH3 is 2. The van der Waals surface area contributed by atoms with Crippen molar-refractivity contribution in [2.24, 2.45) is 0 Å². The Hall–Kier alpha value is -2.61. The van der Waals surface area contributed by atoms with Gasteiger partial charge in [0.15, 0.2) is 21.3 Å². The number of aryl methyl sites for hydroxylation is 1. The van der Waals surface area contributed by atoms with Crippen molar-refractivity contribution in [3.05, 3.63) is 48.3 Å². The van der Waals surface area contributed by atoms with E-state index in [4.69, 9.17) is 9.47 Å². The van der Waals surface area contributed by atoms with Gasteiger partial charge in [-0.3, -0.25) is 9.78 Å². The van der Waals surface area contributed by atoms with Crippen molar-refractivity contribution in [2.45, 2.75) is 24.2 Å². The van der Waals surface area contributed by atoms with E-state index in [-0.39, 0.29) is 23.0 Å². The Bertz CT molecular complexity index is 854. The van der Waals surface area contributed by atoms with E-state index in [0.29, 0.717) is 18.0 Å². The lowest BCUT2D eigenvalue weighted by molar-refractivity contribution is -0.120. The molecule has 2 aromatic rings. The van der Waals surface area contributed by atoms with Gasteiger partial charge in [0.1, 0.15) is 0 Å². The van der Waals surface area contributed by atoms with Crippen molar-refractivity contribution in [1.29, 1.82) is 0 Å². The van der Waals surface area contributed by atoms with Crippen molar-refractivity contribution < 1.29 is 22.7 Å². The average Bonchev–Trinajstić information content (AvgIpc) is 2.70. The summed E-state index contributed by atoms with van der Waals surface area (Å²) >= 11 is 0. The van der Waals surface area contributed by atoms with E-state index in [2.05, 4.69) is 10.3 Å². The van der Waals surface area contributed by atoms with E-state index in [1.54, 1.807) is 12.4 Å². The van der Waals surface area contributed by atoms with Crippen molar-refractivity contribution in [2.75, 3.05) is 26.5 Å². The van der Waals surface area contributed by atoms with Gasteiger partial charge in [-0.25, -0.2) is 8.42 Å². The van der Waals surface area contributed by atoms with Crippen LogP contribution < -0.4 is 14.8 Å². The van der Waals surface area contributed by atoms with Gasteiger partial charge in [-0.15, -0.1) is 0 Å². The number of carbonyl (C=O) groups excluding carboxylic acids is 1. The third-order valence-corrected chi connectivity index (χ3v) is 5.71. The molecule has 1 N–H and O–H groups in total. The summed E-state index contributed by atoms with van der Waals surface area (Å²) in [4.78, 5) is 16.1. The van der Waals surface area contributed by atoms with Crippen LogP contribution in [0.5, 0.6) is 11.5 Å². The number of aromatic nitrogens is 1. The van der Waals surface area contributed by atoms with E-state index in [0.717, 1.165) is 18.4 Å². The number of amides is 1. The molecular formula is C19H24N2O5S. The standard InChI is InChI=1S/C19H24N2O5S/c1-25-17-8-7-16(13-18(17)26-2)27(23,24)12-9-19(22)21-11-4-6-15-5-3-10-20-14-15/h3,5,7-8,10,13-14H,4,6,9,11-12H2,1-2H3,(H,21,22). The van der Waals surface area contributed by atoms with Crippen LogP contribution in [0.3, 0.4) is 0 Å². The predicted octanol–water partition coefficient (Wildman–Crippen LogP) is 2.01. The fraction of sp³-hybridized carbons (Fsp3) is 0.368. The summed E-state index contributed by atoms with van der Waals surface area (Å²) in [6.45, 7) is 0.490. The molecule has 0 bridgehead atoms. The molecule has 146 valence electrons. The zero-order valence-electron chi connectivity index (χ0n) is 15.5. The lowest BCUT2D eigenvalue weighted by Crippen LogP contribution is -2.26. The van der Waals surface area contributed by atoms with Crippen LogP contribution in [0.4, 0.5) is 0 Å². The van der Waals surface area contributed by atoms with Crippen LogP contribution in [0, 0.1) is 0 Å². The lowest BCUT2D eigenvalue weighted by Gasteiger charge is -2.10. The van der Waals surface area contributed by atoms with Gasteiger partial charge < -0.3 is 14.8 Å². The number of nitrogens with one attached hydrogen (secondary N) is 1.